The minimum atomic E-state index is -0.603. The lowest BCUT2D eigenvalue weighted by atomic mass is 9.74. The molecule has 2 unspecified atom stereocenters. The van der Waals surface area contributed by atoms with Crippen LogP contribution in [0.4, 0.5) is 0 Å². The maximum Gasteiger partial charge on any atom is 0.322 e. The predicted octanol–water partition coefficient (Wildman–Crippen LogP) is 4.86. The number of hydrogen-bond donors (Lipinski definition) is 0. The third kappa shape index (κ3) is 2.95. The van der Waals surface area contributed by atoms with Gasteiger partial charge in [-0.25, -0.2) is 0 Å². The molecule has 5 heteroatoms. The summed E-state index contributed by atoms with van der Waals surface area (Å²) in [5.41, 5.74) is 3.71. The van der Waals surface area contributed by atoms with Crippen LogP contribution in [0.1, 0.15) is 11.1 Å². The van der Waals surface area contributed by atoms with Crippen LogP contribution in [0.2, 0.25) is 0 Å². The maximum absolute atomic E-state index is 12.7. The standard InChI is InChI=1S/C22H18O3S2/c1-26-19-15(13-9-5-3-6-10-13)17-18(22(24)25-21(17)23)16(20(19)27-2)14-11-7-4-8-12-14/h3-12,17-18H,1-2H3. The summed E-state index contributed by atoms with van der Waals surface area (Å²) in [4.78, 5) is 27.5. The van der Waals surface area contributed by atoms with Crippen molar-refractivity contribution in [2.24, 2.45) is 11.8 Å². The molecule has 0 radical (unpaired) electrons. The summed E-state index contributed by atoms with van der Waals surface area (Å²) in [6.45, 7) is 0. The number of thioether (sulfide) groups is 2. The van der Waals surface area contributed by atoms with Gasteiger partial charge in [-0.2, -0.15) is 0 Å². The van der Waals surface area contributed by atoms with Gasteiger partial charge in [-0.1, -0.05) is 60.7 Å². The van der Waals surface area contributed by atoms with Crippen LogP contribution in [0.3, 0.4) is 0 Å². The van der Waals surface area contributed by atoms with Gasteiger partial charge in [0, 0.05) is 9.81 Å². The van der Waals surface area contributed by atoms with Crippen molar-refractivity contribution >= 4 is 46.6 Å². The van der Waals surface area contributed by atoms with Crippen molar-refractivity contribution in [3.8, 4) is 0 Å². The molecule has 0 spiro atoms. The number of esters is 2. The van der Waals surface area contributed by atoms with E-state index in [1.165, 1.54) is 0 Å². The summed E-state index contributed by atoms with van der Waals surface area (Å²) >= 11 is 3.23. The number of rotatable bonds is 4. The molecular formula is C22H18O3S2. The Labute approximate surface area is 166 Å². The Bertz CT molecular complexity index is 882. The zero-order chi connectivity index (χ0) is 19.0. The lowest BCUT2D eigenvalue weighted by molar-refractivity contribution is -0.153. The molecule has 1 heterocycles. The van der Waals surface area contributed by atoms with Crippen LogP contribution in [0.15, 0.2) is 70.5 Å². The van der Waals surface area contributed by atoms with E-state index in [4.69, 9.17) is 4.74 Å². The van der Waals surface area contributed by atoms with Gasteiger partial charge < -0.3 is 4.74 Å². The Hall–Kier alpha value is -2.24. The first kappa shape index (κ1) is 18.1. The van der Waals surface area contributed by atoms with E-state index in [0.29, 0.717) is 0 Å². The molecule has 2 aromatic rings. The Morgan fingerprint density at radius 1 is 0.667 bits per heavy atom. The Balaban J connectivity index is 2.06. The number of fused-ring (bicyclic) bond motifs is 1. The number of benzene rings is 2. The fourth-order valence-electron chi connectivity index (χ4n) is 3.86. The van der Waals surface area contributed by atoms with E-state index in [1.54, 1.807) is 23.5 Å². The van der Waals surface area contributed by atoms with E-state index >= 15 is 0 Å². The van der Waals surface area contributed by atoms with Crippen LogP contribution >= 0.6 is 23.5 Å². The molecule has 1 fully saturated rings. The van der Waals surface area contributed by atoms with Gasteiger partial charge in [0.25, 0.3) is 0 Å². The average Bonchev–Trinajstić information content (AvgIpc) is 3.01. The lowest BCUT2D eigenvalue weighted by Gasteiger charge is -2.31. The van der Waals surface area contributed by atoms with Gasteiger partial charge in [0.1, 0.15) is 11.8 Å². The third-order valence-electron chi connectivity index (χ3n) is 4.94. The van der Waals surface area contributed by atoms with E-state index in [-0.39, 0.29) is 0 Å². The molecule has 0 N–H and O–H groups in total. The molecule has 2 aromatic carbocycles. The Morgan fingerprint density at radius 2 is 1.04 bits per heavy atom. The Morgan fingerprint density at radius 3 is 1.37 bits per heavy atom. The van der Waals surface area contributed by atoms with Gasteiger partial charge >= 0.3 is 11.9 Å². The van der Waals surface area contributed by atoms with Crippen LogP contribution in [0, 0.1) is 11.8 Å². The summed E-state index contributed by atoms with van der Waals surface area (Å²) in [5.74, 6) is -2.12. The highest BCUT2D eigenvalue weighted by atomic mass is 32.2. The van der Waals surface area contributed by atoms with Crippen LogP contribution in [0.5, 0.6) is 0 Å². The third-order valence-corrected chi connectivity index (χ3v) is 6.73. The van der Waals surface area contributed by atoms with E-state index < -0.39 is 23.8 Å². The number of hydrogen-bond acceptors (Lipinski definition) is 5. The number of ether oxygens (including phenoxy) is 1. The molecule has 1 saturated heterocycles. The van der Waals surface area contributed by atoms with E-state index in [1.807, 2.05) is 73.2 Å². The predicted molar refractivity (Wildman–Crippen MR) is 112 cm³/mol. The van der Waals surface area contributed by atoms with E-state index in [0.717, 1.165) is 32.1 Å². The molecule has 2 atom stereocenters. The smallest absolute Gasteiger partial charge is 0.322 e. The highest BCUT2D eigenvalue weighted by molar-refractivity contribution is 8.07. The van der Waals surface area contributed by atoms with E-state index in [9.17, 15) is 9.59 Å². The monoisotopic (exact) mass is 394 g/mol. The number of cyclic esters (lactones) is 2. The highest BCUT2D eigenvalue weighted by Gasteiger charge is 2.52. The topological polar surface area (TPSA) is 43.4 Å². The van der Waals surface area contributed by atoms with Gasteiger partial charge in [-0.15, -0.1) is 23.5 Å². The van der Waals surface area contributed by atoms with Crippen molar-refractivity contribution in [1.29, 1.82) is 0 Å². The van der Waals surface area contributed by atoms with E-state index in [2.05, 4.69) is 0 Å². The molecule has 3 nitrogen and oxygen atoms in total. The van der Waals surface area contributed by atoms with Gasteiger partial charge in [0.2, 0.25) is 0 Å². The normalized spacial score (nSPS) is 22.1. The second-order valence-electron chi connectivity index (χ2n) is 6.32. The van der Waals surface area contributed by atoms with Crippen molar-refractivity contribution in [2.45, 2.75) is 0 Å². The highest BCUT2D eigenvalue weighted by Crippen LogP contribution is 2.55. The fourth-order valence-corrected chi connectivity index (χ4v) is 5.88. The van der Waals surface area contributed by atoms with Crippen LogP contribution in [-0.2, 0) is 14.3 Å². The molecular weight excluding hydrogens is 376 g/mol. The molecule has 27 heavy (non-hydrogen) atoms. The first-order valence-corrected chi connectivity index (χ1v) is 11.1. The van der Waals surface area contributed by atoms with Gasteiger partial charge in [0.05, 0.1) is 0 Å². The fraction of sp³-hybridized carbons (Fsp3) is 0.182. The van der Waals surface area contributed by atoms with Crippen LogP contribution < -0.4 is 0 Å². The molecule has 0 saturated carbocycles. The number of carbonyl (C=O) groups excluding carboxylic acids is 2. The van der Waals surface area contributed by atoms with Crippen LogP contribution in [-0.4, -0.2) is 24.5 Å². The molecule has 1 aliphatic heterocycles. The minimum absolute atomic E-state index is 0.455. The average molecular weight is 395 g/mol. The molecule has 2 aliphatic rings. The maximum atomic E-state index is 12.7. The molecule has 1 aliphatic carbocycles. The molecule has 4 rings (SSSR count). The largest absolute Gasteiger partial charge is 0.392 e. The summed E-state index contributed by atoms with van der Waals surface area (Å²) in [5, 5.41) is 0. The quantitative estimate of drug-likeness (QED) is 0.547. The lowest BCUT2D eigenvalue weighted by Crippen LogP contribution is -2.26. The van der Waals surface area contributed by atoms with Crippen LogP contribution in [0.25, 0.3) is 11.1 Å². The van der Waals surface area contributed by atoms with Gasteiger partial charge in [0.15, 0.2) is 0 Å². The van der Waals surface area contributed by atoms with Gasteiger partial charge in [-0.05, 0) is 34.8 Å². The summed E-state index contributed by atoms with van der Waals surface area (Å²) < 4.78 is 5.13. The first-order valence-electron chi connectivity index (χ1n) is 8.60. The van der Waals surface area contributed by atoms with Crippen molar-refractivity contribution < 1.29 is 14.3 Å². The first-order chi connectivity index (χ1) is 13.2. The van der Waals surface area contributed by atoms with Crippen molar-refractivity contribution in [3.63, 3.8) is 0 Å². The molecule has 0 aromatic heterocycles. The molecule has 0 bridgehead atoms. The zero-order valence-electron chi connectivity index (χ0n) is 15.0. The second kappa shape index (κ2) is 7.41. The minimum Gasteiger partial charge on any atom is -0.392 e. The zero-order valence-corrected chi connectivity index (χ0v) is 16.6. The summed E-state index contributed by atoms with van der Waals surface area (Å²) in [6.07, 6.45) is 4.03. The van der Waals surface area contributed by atoms with Crippen molar-refractivity contribution in [1.82, 2.24) is 0 Å². The SMILES string of the molecule is CSC1=C(c2ccccc2)C2C(=O)OC(=O)C2C(c2ccccc2)=C1SC. The van der Waals surface area contributed by atoms with Crippen molar-refractivity contribution in [3.05, 3.63) is 81.6 Å². The summed E-state index contributed by atoms with van der Waals surface area (Å²) in [6, 6.07) is 19.7. The molecule has 0 amide bonds. The van der Waals surface area contributed by atoms with Gasteiger partial charge in [-0.3, -0.25) is 9.59 Å². The Kier molecular flexibility index (Phi) is 4.98. The second-order valence-corrected chi connectivity index (χ2v) is 7.95. The number of carbonyl (C=O) groups is 2. The molecule has 136 valence electrons. The summed E-state index contributed by atoms with van der Waals surface area (Å²) in [7, 11) is 0. The van der Waals surface area contributed by atoms with Crippen molar-refractivity contribution in [2.75, 3.05) is 12.5 Å².